The van der Waals surface area contributed by atoms with Gasteiger partial charge in [-0.25, -0.2) is 9.18 Å². The summed E-state index contributed by atoms with van der Waals surface area (Å²) in [7, 11) is 0. The maximum absolute atomic E-state index is 12.9. The summed E-state index contributed by atoms with van der Waals surface area (Å²) < 4.78 is 60.0. The van der Waals surface area contributed by atoms with Gasteiger partial charge in [0.25, 0.3) is 0 Å². The molecule has 0 fully saturated rings. The lowest BCUT2D eigenvalue weighted by Gasteiger charge is -2.01. The van der Waals surface area contributed by atoms with Crippen molar-refractivity contribution in [3.8, 4) is 11.3 Å². The standard InChI is InChI=1S/C13H9F4NO3/c1-2-20-11(19)9-10(7-3-5-8(14)6-4-7)21-12(18-9)13(15,16)17/h3-6H,2H2,1H3. The Morgan fingerprint density at radius 2 is 1.90 bits per heavy atom. The average molecular weight is 303 g/mol. The zero-order valence-corrected chi connectivity index (χ0v) is 10.7. The van der Waals surface area contributed by atoms with Crippen LogP contribution in [0.2, 0.25) is 0 Å². The fraction of sp³-hybridized carbons (Fsp3) is 0.231. The molecule has 0 saturated carbocycles. The first-order valence-electron chi connectivity index (χ1n) is 5.84. The maximum atomic E-state index is 12.9. The molecule has 0 spiro atoms. The minimum Gasteiger partial charge on any atom is -0.461 e. The molecule has 1 heterocycles. The lowest BCUT2D eigenvalue weighted by atomic mass is 10.1. The Morgan fingerprint density at radius 3 is 2.43 bits per heavy atom. The van der Waals surface area contributed by atoms with Crippen LogP contribution in [0.25, 0.3) is 11.3 Å². The molecule has 21 heavy (non-hydrogen) atoms. The Balaban J connectivity index is 2.54. The molecule has 2 rings (SSSR count). The molecule has 0 atom stereocenters. The summed E-state index contributed by atoms with van der Waals surface area (Å²) in [6.45, 7) is 1.47. The second-order valence-electron chi connectivity index (χ2n) is 3.92. The topological polar surface area (TPSA) is 52.3 Å². The number of benzene rings is 1. The Hall–Kier alpha value is -2.38. The Morgan fingerprint density at radius 1 is 1.29 bits per heavy atom. The highest BCUT2D eigenvalue weighted by molar-refractivity contribution is 5.93. The molecule has 1 aromatic carbocycles. The summed E-state index contributed by atoms with van der Waals surface area (Å²) in [6.07, 6.45) is -4.85. The Bertz CT molecular complexity index is 646. The number of carbonyl (C=O) groups is 1. The number of carbonyl (C=O) groups excluding carboxylic acids is 1. The summed E-state index contributed by atoms with van der Waals surface area (Å²) in [5, 5.41) is 0. The summed E-state index contributed by atoms with van der Waals surface area (Å²) in [4.78, 5) is 14.8. The first kappa shape index (κ1) is 15.0. The van der Waals surface area contributed by atoms with E-state index in [9.17, 15) is 22.4 Å². The van der Waals surface area contributed by atoms with E-state index < -0.39 is 35.3 Å². The normalized spacial score (nSPS) is 11.5. The van der Waals surface area contributed by atoms with Gasteiger partial charge in [0.2, 0.25) is 0 Å². The van der Waals surface area contributed by atoms with Crippen LogP contribution in [0.4, 0.5) is 17.6 Å². The van der Waals surface area contributed by atoms with Crippen LogP contribution in [-0.4, -0.2) is 17.6 Å². The van der Waals surface area contributed by atoms with Gasteiger partial charge in [-0.05, 0) is 31.2 Å². The van der Waals surface area contributed by atoms with Gasteiger partial charge < -0.3 is 9.15 Å². The number of halogens is 4. The van der Waals surface area contributed by atoms with E-state index in [0.717, 1.165) is 12.1 Å². The number of aromatic nitrogens is 1. The lowest BCUT2D eigenvalue weighted by molar-refractivity contribution is -0.156. The van der Waals surface area contributed by atoms with Crippen molar-refractivity contribution < 1.29 is 31.5 Å². The summed E-state index contributed by atoms with van der Waals surface area (Å²) in [5.74, 6) is -3.60. The molecule has 112 valence electrons. The SMILES string of the molecule is CCOC(=O)c1nc(C(F)(F)F)oc1-c1ccc(F)cc1. The van der Waals surface area contributed by atoms with Crippen molar-refractivity contribution in [2.24, 2.45) is 0 Å². The third-order valence-electron chi connectivity index (χ3n) is 2.44. The first-order chi connectivity index (χ1) is 9.82. The van der Waals surface area contributed by atoms with Gasteiger partial charge in [-0.2, -0.15) is 18.2 Å². The summed E-state index contributed by atoms with van der Waals surface area (Å²) in [5.41, 5.74) is -0.516. The largest absolute Gasteiger partial charge is 0.468 e. The molecule has 0 aliphatic carbocycles. The van der Waals surface area contributed by atoms with Gasteiger partial charge in [0.05, 0.1) is 6.61 Å². The second kappa shape index (κ2) is 5.55. The molecule has 8 heteroatoms. The minimum absolute atomic E-state index is 0.0318. The van der Waals surface area contributed by atoms with Gasteiger partial charge in [-0.3, -0.25) is 0 Å². The smallest absolute Gasteiger partial charge is 0.461 e. The van der Waals surface area contributed by atoms with E-state index in [2.05, 4.69) is 14.1 Å². The summed E-state index contributed by atoms with van der Waals surface area (Å²) in [6, 6.07) is 4.41. The van der Waals surface area contributed by atoms with Crippen LogP contribution in [0.1, 0.15) is 23.3 Å². The first-order valence-corrected chi connectivity index (χ1v) is 5.84. The highest BCUT2D eigenvalue weighted by atomic mass is 19.4. The predicted molar refractivity (Wildman–Crippen MR) is 62.9 cm³/mol. The number of hydrogen-bond acceptors (Lipinski definition) is 4. The lowest BCUT2D eigenvalue weighted by Crippen LogP contribution is -2.09. The average Bonchev–Trinajstić information content (AvgIpc) is 2.85. The monoisotopic (exact) mass is 303 g/mol. The Labute approximate surface area is 116 Å². The van der Waals surface area contributed by atoms with E-state index in [1.165, 1.54) is 19.1 Å². The van der Waals surface area contributed by atoms with E-state index in [0.29, 0.717) is 0 Å². The Kier molecular flexibility index (Phi) is 3.97. The van der Waals surface area contributed by atoms with Gasteiger partial charge in [0.15, 0.2) is 11.5 Å². The van der Waals surface area contributed by atoms with Gasteiger partial charge in [-0.1, -0.05) is 0 Å². The predicted octanol–water partition coefficient (Wildman–Crippen LogP) is 3.68. The second-order valence-corrected chi connectivity index (χ2v) is 3.92. The zero-order chi connectivity index (χ0) is 15.6. The van der Waals surface area contributed by atoms with Gasteiger partial charge >= 0.3 is 18.0 Å². The van der Waals surface area contributed by atoms with Crippen molar-refractivity contribution in [1.29, 1.82) is 0 Å². The molecule has 0 saturated heterocycles. The molecule has 0 aliphatic heterocycles. The fourth-order valence-electron chi connectivity index (χ4n) is 1.58. The molecule has 1 aromatic heterocycles. The van der Waals surface area contributed by atoms with Gasteiger partial charge in [-0.15, -0.1) is 0 Å². The van der Waals surface area contributed by atoms with E-state index in [1.54, 1.807) is 0 Å². The van der Waals surface area contributed by atoms with Crippen LogP contribution in [0.5, 0.6) is 0 Å². The molecule has 0 bridgehead atoms. The summed E-state index contributed by atoms with van der Waals surface area (Å²) >= 11 is 0. The van der Waals surface area contributed by atoms with Crippen molar-refractivity contribution in [2.45, 2.75) is 13.1 Å². The highest BCUT2D eigenvalue weighted by Crippen LogP contribution is 2.34. The third-order valence-corrected chi connectivity index (χ3v) is 2.44. The number of rotatable bonds is 3. The molecule has 0 radical (unpaired) electrons. The van der Waals surface area contributed by atoms with Crippen LogP contribution < -0.4 is 0 Å². The van der Waals surface area contributed by atoms with Crippen LogP contribution in [0, 0.1) is 5.82 Å². The zero-order valence-electron chi connectivity index (χ0n) is 10.7. The number of alkyl halides is 3. The number of ether oxygens (including phenoxy) is 1. The molecular weight excluding hydrogens is 294 g/mol. The van der Waals surface area contributed by atoms with E-state index in [-0.39, 0.29) is 12.2 Å². The van der Waals surface area contributed by atoms with Gasteiger partial charge in [0, 0.05) is 5.56 Å². The van der Waals surface area contributed by atoms with Crippen LogP contribution in [0.3, 0.4) is 0 Å². The van der Waals surface area contributed by atoms with Crippen LogP contribution in [-0.2, 0) is 10.9 Å². The van der Waals surface area contributed by atoms with Crippen molar-refractivity contribution in [2.75, 3.05) is 6.61 Å². The molecule has 0 aliphatic rings. The van der Waals surface area contributed by atoms with Crippen molar-refractivity contribution in [1.82, 2.24) is 4.98 Å². The molecule has 4 nitrogen and oxygen atoms in total. The molecule has 0 N–H and O–H groups in total. The van der Waals surface area contributed by atoms with Crippen molar-refractivity contribution in [3.05, 3.63) is 41.7 Å². The highest BCUT2D eigenvalue weighted by Gasteiger charge is 2.40. The molecule has 0 unspecified atom stereocenters. The minimum atomic E-state index is -4.85. The maximum Gasteiger partial charge on any atom is 0.468 e. The number of esters is 1. The van der Waals surface area contributed by atoms with Crippen LogP contribution >= 0.6 is 0 Å². The number of hydrogen-bond donors (Lipinski definition) is 0. The molecule has 2 aromatic rings. The number of nitrogens with zero attached hydrogens (tertiary/aromatic N) is 1. The van der Waals surface area contributed by atoms with Crippen LogP contribution in [0.15, 0.2) is 28.7 Å². The van der Waals surface area contributed by atoms with Crippen molar-refractivity contribution >= 4 is 5.97 Å². The van der Waals surface area contributed by atoms with E-state index >= 15 is 0 Å². The van der Waals surface area contributed by atoms with Crippen molar-refractivity contribution in [3.63, 3.8) is 0 Å². The number of oxazole rings is 1. The molecular formula is C13H9F4NO3. The third kappa shape index (κ3) is 3.21. The fourth-order valence-corrected chi connectivity index (χ4v) is 1.58. The van der Waals surface area contributed by atoms with E-state index in [1.807, 2.05) is 0 Å². The quantitative estimate of drug-likeness (QED) is 0.641. The van der Waals surface area contributed by atoms with E-state index in [4.69, 9.17) is 0 Å². The van der Waals surface area contributed by atoms with Gasteiger partial charge in [0.1, 0.15) is 5.82 Å². The molecule has 0 amide bonds.